The third-order valence-electron chi connectivity index (χ3n) is 3.69. The van der Waals surface area contributed by atoms with Crippen LogP contribution in [0.4, 0.5) is 0 Å². The van der Waals surface area contributed by atoms with Crippen LogP contribution in [0.1, 0.15) is 36.5 Å². The van der Waals surface area contributed by atoms with Gasteiger partial charge in [-0.2, -0.15) is 4.98 Å². The highest BCUT2D eigenvalue weighted by Crippen LogP contribution is 2.30. The molecule has 2 atom stereocenters. The Morgan fingerprint density at radius 2 is 2.25 bits per heavy atom. The lowest BCUT2D eigenvalue weighted by atomic mass is 9.96. The molecule has 106 valence electrons. The molecule has 20 heavy (non-hydrogen) atoms. The van der Waals surface area contributed by atoms with Gasteiger partial charge in [0, 0.05) is 12.5 Å². The van der Waals surface area contributed by atoms with Crippen LogP contribution in [0.5, 0.6) is 5.75 Å². The Bertz CT molecular complexity index is 582. The molecule has 2 aromatic rings. The van der Waals surface area contributed by atoms with Crippen molar-refractivity contribution in [1.82, 2.24) is 10.1 Å². The van der Waals surface area contributed by atoms with Crippen molar-refractivity contribution in [2.24, 2.45) is 5.73 Å². The Morgan fingerprint density at radius 1 is 1.40 bits per heavy atom. The van der Waals surface area contributed by atoms with Crippen molar-refractivity contribution in [3.63, 3.8) is 0 Å². The molecule has 2 N–H and O–H groups in total. The van der Waals surface area contributed by atoms with E-state index >= 15 is 0 Å². The summed E-state index contributed by atoms with van der Waals surface area (Å²) in [6.45, 7) is 2.64. The summed E-state index contributed by atoms with van der Waals surface area (Å²) in [7, 11) is 0. The molecule has 5 heteroatoms. The van der Waals surface area contributed by atoms with Crippen LogP contribution in [0.3, 0.4) is 0 Å². The van der Waals surface area contributed by atoms with Gasteiger partial charge in [-0.3, -0.25) is 0 Å². The highest BCUT2D eigenvalue weighted by atomic mass is 16.5. The molecule has 0 amide bonds. The molecule has 0 fully saturated rings. The molecule has 0 spiro atoms. The number of para-hydroxylation sites is 1. The van der Waals surface area contributed by atoms with Crippen LogP contribution < -0.4 is 10.5 Å². The lowest BCUT2D eigenvalue weighted by Gasteiger charge is -2.22. The van der Waals surface area contributed by atoms with Crippen LogP contribution in [0.25, 0.3) is 0 Å². The lowest BCUT2D eigenvalue weighted by molar-refractivity contribution is 0.253. The van der Waals surface area contributed by atoms with E-state index in [1.807, 2.05) is 25.1 Å². The minimum atomic E-state index is 0.0756. The summed E-state index contributed by atoms with van der Waals surface area (Å²) in [6.07, 6.45) is 2.42. The van der Waals surface area contributed by atoms with E-state index in [9.17, 15) is 0 Å². The molecule has 1 aliphatic rings. The fraction of sp³-hybridized carbons (Fsp3) is 0.467. The van der Waals surface area contributed by atoms with E-state index in [2.05, 4.69) is 16.2 Å². The smallest absolute Gasteiger partial charge is 0.228 e. The molecule has 5 nitrogen and oxygen atoms in total. The van der Waals surface area contributed by atoms with Gasteiger partial charge in [-0.1, -0.05) is 30.3 Å². The zero-order valence-corrected chi connectivity index (χ0v) is 11.6. The average Bonchev–Trinajstić information content (AvgIpc) is 2.95. The van der Waals surface area contributed by atoms with Crippen LogP contribution in [0, 0.1) is 0 Å². The van der Waals surface area contributed by atoms with Crippen LogP contribution in [-0.4, -0.2) is 22.8 Å². The highest BCUT2D eigenvalue weighted by molar-refractivity contribution is 5.36. The van der Waals surface area contributed by atoms with Crippen molar-refractivity contribution in [2.45, 2.75) is 38.1 Å². The number of ether oxygens (including phenoxy) is 1. The molecular weight excluding hydrogens is 254 g/mol. The molecule has 1 aliphatic heterocycles. The normalized spacial score (nSPS) is 19.2. The Labute approximate surface area is 118 Å². The zero-order chi connectivity index (χ0) is 13.9. The number of fused-ring (bicyclic) bond motifs is 1. The summed E-state index contributed by atoms with van der Waals surface area (Å²) < 4.78 is 11.0. The summed E-state index contributed by atoms with van der Waals surface area (Å²) in [5, 5.41) is 4.08. The Balaban J connectivity index is 1.72. The van der Waals surface area contributed by atoms with Crippen molar-refractivity contribution >= 4 is 0 Å². The number of nitrogens with zero attached hydrogens (tertiary/aromatic N) is 2. The summed E-state index contributed by atoms with van der Waals surface area (Å²) >= 11 is 0. The number of hydrogen-bond acceptors (Lipinski definition) is 5. The third kappa shape index (κ3) is 2.67. The van der Waals surface area contributed by atoms with Gasteiger partial charge in [-0.15, -0.1) is 0 Å². The fourth-order valence-electron chi connectivity index (χ4n) is 2.38. The Hall–Kier alpha value is -1.88. The van der Waals surface area contributed by atoms with E-state index in [-0.39, 0.29) is 12.0 Å². The Morgan fingerprint density at radius 3 is 3.10 bits per heavy atom. The predicted octanol–water partition coefficient (Wildman–Crippen LogP) is 2.07. The van der Waals surface area contributed by atoms with E-state index in [1.165, 1.54) is 5.56 Å². The maximum atomic E-state index is 5.90. The van der Waals surface area contributed by atoms with E-state index < -0.39 is 0 Å². The predicted molar refractivity (Wildman–Crippen MR) is 74.7 cm³/mol. The van der Waals surface area contributed by atoms with Crippen molar-refractivity contribution in [3.05, 3.63) is 41.5 Å². The van der Waals surface area contributed by atoms with Gasteiger partial charge in [-0.05, 0) is 24.5 Å². The molecule has 0 aliphatic carbocycles. The first-order valence-corrected chi connectivity index (χ1v) is 7.05. The standard InChI is InChI=1S/C15H19N3O2/c1-2-12(16)8-14-17-15(18-20-14)11-7-10-5-3-4-6-13(10)19-9-11/h3-6,11-12H,2,7-9,16H2,1H3. The summed E-state index contributed by atoms with van der Waals surface area (Å²) in [6, 6.07) is 8.15. The SMILES string of the molecule is CCC(N)Cc1nc(C2COc3ccccc3C2)no1. The molecular formula is C15H19N3O2. The minimum Gasteiger partial charge on any atom is -0.493 e. The van der Waals surface area contributed by atoms with Crippen LogP contribution in [-0.2, 0) is 12.8 Å². The Kier molecular flexibility index (Phi) is 3.69. The molecule has 0 saturated carbocycles. The van der Waals surface area contributed by atoms with E-state index in [4.69, 9.17) is 15.0 Å². The quantitative estimate of drug-likeness (QED) is 0.923. The molecule has 2 heterocycles. The van der Waals surface area contributed by atoms with Gasteiger partial charge < -0.3 is 15.0 Å². The largest absolute Gasteiger partial charge is 0.493 e. The fourth-order valence-corrected chi connectivity index (χ4v) is 2.38. The van der Waals surface area contributed by atoms with Gasteiger partial charge in [0.1, 0.15) is 5.75 Å². The van der Waals surface area contributed by atoms with E-state index in [0.717, 1.165) is 24.4 Å². The second-order valence-electron chi connectivity index (χ2n) is 5.24. The van der Waals surface area contributed by atoms with E-state index in [0.29, 0.717) is 18.9 Å². The first kappa shape index (κ1) is 13.1. The van der Waals surface area contributed by atoms with Crippen LogP contribution in [0.2, 0.25) is 0 Å². The van der Waals surface area contributed by atoms with Gasteiger partial charge in [0.05, 0.1) is 12.5 Å². The first-order chi connectivity index (χ1) is 9.76. The highest BCUT2D eigenvalue weighted by Gasteiger charge is 2.25. The van der Waals surface area contributed by atoms with Crippen LogP contribution in [0.15, 0.2) is 28.8 Å². The molecule has 0 saturated heterocycles. The van der Waals surface area contributed by atoms with Crippen LogP contribution >= 0.6 is 0 Å². The van der Waals surface area contributed by atoms with Gasteiger partial charge in [0.2, 0.25) is 5.89 Å². The number of benzene rings is 1. The maximum Gasteiger partial charge on any atom is 0.228 e. The van der Waals surface area contributed by atoms with Crippen molar-refractivity contribution < 1.29 is 9.26 Å². The minimum absolute atomic E-state index is 0.0756. The number of nitrogens with two attached hydrogens (primary N) is 1. The van der Waals surface area contributed by atoms with Gasteiger partial charge in [0.15, 0.2) is 5.82 Å². The average molecular weight is 273 g/mol. The molecule has 0 radical (unpaired) electrons. The van der Waals surface area contributed by atoms with Gasteiger partial charge in [-0.25, -0.2) is 0 Å². The summed E-state index contributed by atoms with van der Waals surface area (Å²) in [5.41, 5.74) is 7.10. The number of hydrogen-bond donors (Lipinski definition) is 1. The van der Waals surface area contributed by atoms with Gasteiger partial charge >= 0.3 is 0 Å². The lowest BCUT2D eigenvalue weighted by Crippen LogP contribution is -2.22. The van der Waals surface area contributed by atoms with Crippen molar-refractivity contribution in [1.29, 1.82) is 0 Å². The number of rotatable bonds is 4. The zero-order valence-electron chi connectivity index (χ0n) is 11.6. The molecule has 1 aromatic heterocycles. The maximum absolute atomic E-state index is 5.90. The summed E-state index contributed by atoms with van der Waals surface area (Å²) in [4.78, 5) is 4.46. The van der Waals surface area contributed by atoms with Crippen molar-refractivity contribution in [2.75, 3.05) is 6.61 Å². The molecule has 2 unspecified atom stereocenters. The second kappa shape index (κ2) is 5.63. The first-order valence-electron chi connectivity index (χ1n) is 7.05. The molecule has 1 aromatic carbocycles. The van der Waals surface area contributed by atoms with E-state index in [1.54, 1.807) is 0 Å². The molecule has 3 rings (SSSR count). The third-order valence-corrected chi connectivity index (χ3v) is 3.69. The number of aromatic nitrogens is 2. The van der Waals surface area contributed by atoms with Crippen molar-refractivity contribution in [3.8, 4) is 5.75 Å². The molecule has 0 bridgehead atoms. The monoisotopic (exact) mass is 273 g/mol. The topological polar surface area (TPSA) is 74.2 Å². The summed E-state index contributed by atoms with van der Waals surface area (Å²) in [5.74, 6) is 2.45. The van der Waals surface area contributed by atoms with Gasteiger partial charge in [0.25, 0.3) is 0 Å². The second-order valence-corrected chi connectivity index (χ2v) is 5.24.